The number of imidazole rings is 1. The Kier molecular flexibility index (Phi) is 4.59. The molecule has 0 fully saturated rings. The summed E-state index contributed by atoms with van der Waals surface area (Å²) < 4.78 is 1.86. The van der Waals surface area contributed by atoms with Gasteiger partial charge in [-0.1, -0.05) is 48.1 Å². The Morgan fingerprint density at radius 1 is 1.08 bits per heavy atom. The molecule has 0 aliphatic rings. The van der Waals surface area contributed by atoms with Gasteiger partial charge in [-0.2, -0.15) is 0 Å². The molecule has 2 aromatic heterocycles. The Labute approximate surface area is 146 Å². The quantitative estimate of drug-likeness (QED) is 0.674. The summed E-state index contributed by atoms with van der Waals surface area (Å²) in [6.45, 7) is 3.06. The minimum absolute atomic E-state index is 0.223. The van der Waals surface area contributed by atoms with Gasteiger partial charge >= 0.3 is 0 Å². The third-order valence-corrected chi connectivity index (χ3v) is 3.46. The van der Waals surface area contributed by atoms with Crippen LogP contribution in [-0.4, -0.2) is 31.8 Å². The van der Waals surface area contributed by atoms with E-state index in [4.69, 9.17) is 5.11 Å². The predicted octanol–water partition coefficient (Wildman–Crippen LogP) is 2.47. The maximum Gasteiger partial charge on any atom is 0.138 e. The number of nitrogens with zero attached hydrogens (tertiary/aromatic N) is 2. The van der Waals surface area contributed by atoms with Gasteiger partial charge in [-0.25, -0.2) is 4.98 Å². The van der Waals surface area contributed by atoms with Crippen LogP contribution in [0.1, 0.15) is 25.1 Å². The molecule has 2 N–H and O–H groups in total. The Bertz CT molecular complexity index is 1020. The largest absolute Gasteiger partial charge is 0.384 e. The van der Waals surface area contributed by atoms with Crippen molar-refractivity contribution in [3.63, 3.8) is 0 Å². The molecule has 0 radical (unpaired) electrons. The molecule has 0 spiro atoms. The number of fused-ring (bicyclic) bond motifs is 1. The highest BCUT2D eigenvalue weighted by Crippen LogP contribution is 2.24. The molecule has 0 atom stereocenters. The summed E-state index contributed by atoms with van der Waals surface area (Å²) in [7, 11) is 0. The average Bonchev–Trinajstić information content (AvgIpc) is 2.96. The first-order valence-electron chi connectivity index (χ1n) is 7.91. The van der Waals surface area contributed by atoms with Crippen LogP contribution in [0.25, 0.3) is 16.9 Å². The van der Waals surface area contributed by atoms with Crippen LogP contribution < -0.4 is 0 Å². The molecule has 1 aromatic carbocycles. The van der Waals surface area contributed by atoms with Gasteiger partial charge in [0.25, 0.3) is 0 Å². The van der Waals surface area contributed by atoms with Gasteiger partial charge in [0.1, 0.15) is 29.2 Å². The fraction of sp³-hybridized carbons (Fsp3) is 0.190. The van der Waals surface area contributed by atoms with Crippen molar-refractivity contribution in [2.75, 3.05) is 6.61 Å². The molecule has 0 unspecified atom stereocenters. The Balaban J connectivity index is 2.20. The standard InChI is InChI=1S/C21H18N2O2/c1-21(2,25)13-12-16-10-11-19-22-20(17-7-4-3-5-8-17)18(9-6-14-24)23(19)15-16/h3-5,7-8,10-11,15,24-25H,14H2,1-2H3. The maximum absolute atomic E-state index is 9.77. The molecule has 0 amide bonds. The van der Waals surface area contributed by atoms with E-state index < -0.39 is 5.60 Å². The van der Waals surface area contributed by atoms with E-state index in [-0.39, 0.29) is 6.61 Å². The highest BCUT2D eigenvalue weighted by molar-refractivity contribution is 5.70. The van der Waals surface area contributed by atoms with Gasteiger partial charge in [0, 0.05) is 17.3 Å². The number of rotatable bonds is 1. The molecule has 4 heteroatoms. The lowest BCUT2D eigenvalue weighted by Gasteiger charge is -2.06. The molecule has 4 nitrogen and oxygen atoms in total. The van der Waals surface area contributed by atoms with Crippen LogP contribution >= 0.6 is 0 Å². The van der Waals surface area contributed by atoms with Crippen LogP contribution in [0, 0.1) is 23.7 Å². The second kappa shape index (κ2) is 6.83. The van der Waals surface area contributed by atoms with Gasteiger partial charge in [0.15, 0.2) is 0 Å². The molecular formula is C21H18N2O2. The minimum atomic E-state index is -1.06. The molecule has 3 aromatic rings. The Morgan fingerprint density at radius 3 is 2.52 bits per heavy atom. The summed E-state index contributed by atoms with van der Waals surface area (Å²) in [6, 6.07) is 13.5. The van der Waals surface area contributed by atoms with E-state index in [1.54, 1.807) is 13.8 Å². The normalized spacial score (nSPS) is 10.7. The fourth-order valence-electron chi connectivity index (χ4n) is 2.38. The molecule has 25 heavy (non-hydrogen) atoms. The second-order valence-corrected chi connectivity index (χ2v) is 6.09. The van der Waals surface area contributed by atoms with Gasteiger partial charge in [-0.15, -0.1) is 0 Å². The van der Waals surface area contributed by atoms with Crippen LogP contribution in [0.2, 0.25) is 0 Å². The summed E-state index contributed by atoms with van der Waals surface area (Å²) >= 11 is 0. The van der Waals surface area contributed by atoms with Gasteiger partial charge in [-0.3, -0.25) is 4.40 Å². The molecule has 3 rings (SSSR count). The van der Waals surface area contributed by atoms with Crippen molar-refractivity contribution in [3.8, 4) is 34.9 Å². The smallest absolute Gasteiger partial charge is 0.138 e. The van der Waals surface area contributed by atoms with E-state index >= 15 is 0 Å². The molecule has 0 saturated heterocycles. The lowest BCUT2D eigenvalue weighted by atomic mass is 10.1. The number of pyridine rings is 1. The fourth-order valence-corrected chi connectivity index (χ4v) is 2.38. The second-order valence-electron chi connectivity index (χ2n) is 6.09. The summed E-state index contributed by atoms with van der Waals surface area (Å²) in [6.07, 6.45) is 1.84. The molecule has 0 aliphatic heterocycles. The molecule has 2 heterocycles. The molecular weight excluding hydrogens is 312 g/mol. The van der Waals surface area contributed by atoms with Crippen molar-refractivity contribution in [3.05, 3.63) is 59.9 Å². The molecule has 124 valence electrons. The van der Waals surface area contributed by atoms with Gasteiger partial charge in [-0.05, 0) is 31.9 Å². The zero-order valence-corrected chi connectivity index (χ0v) is 14.1. The highest BCUT2D eigenvalue weighted by atomic mass is 16.3. The average molecular weight is 330 g/mol. The van der Waals surface area contributed by atoms with Gasteiger partial charge in [0.05, 0.1) is 0 Å². The highest BCUT2D eigenvalue weighted by Gasteiger charge is 2.13. The minimum Gasteiger partial charge on any atom is -0.384 e. The number of aromatic nitrogens is 2. The van der Waals surface area contributed by atoms with E-state index in [2.05, 4.69) is 28.7 Å². The Morgan fingerprint density at radius 2 is 1.84 bits per heavy atom. The molecule has 0 aliphatic carbocycles. The SMILES string of the molecule is CC(C)(O)C#Cc1ccc2nc(-c3ccccc3)c(C#CCO)n2c1. The number of hydrogen-bond acceptors (Lipinski definition) is 3. The summed E-state index contributed by atoms with van der Waals surface area (Å²) in [5.41, 5.74) is 2.85. The van der Waals surface area contributed by atoms with Gasteiger partial charge in [0.2, 0.25) is 0 Å². The molecule has 0 saturated carbocycles. The first-order valence-corrected chi connectivity index (χ1v) is 7.91. The topological polar surface area (TPSA) is 57.8 Å². The van der Waals surface area contributed by atoms with E-state index in [1.165, 1.54) is 0 Å². The lowest BCUT2D eigenvalue weighted by Crippen LogP contribution is -2.14. The van der Waals surface area contributed by atoms with Crippen molar-refractivity contribution >= 4 is 5.65 Å². The number of aliphatic hydroxyl groups excluding tert-OH is 1. The summed E-state index contributed by atoms with van der Waals surface area (Å²) in [4.78, 5) is 4.67. The van der Waals surface area contributed by atoms with E-state index in [1.807, 2.05) is 53.1 Å². The van der Waals surface area contributed by atoms with Crippen molar-refractivity contribution in [2.24, 2.45) is 0 Å². The predicted molar refractivity (Wildman–Crippen MR) is 97.8 cm³/mol. The van der Waals surface area contributed by atoms with Crippen molar-refractivity contribution in [2.45, 2.75) is 19.4 Å². The van der Waals surface area contributed by atoms with Crippen LogP contribution in [0.4, 0.5) is 0 Å². The lowest BCUT2D eigenvalue weighted by molar-refractivity contribution is 0.143. The number of hydrogen-bond donors (Lipinski definition) is 2. The maximum atomic E-state index is 9.77. The van der Waals surface area contributed by atoms with Crippen molar-refractivity contribution < 1.29 is 10.2 Å². The zero-order valence-electron chi connectivity index (χ0n) is 14.1. The first kappa shape index (κ1) is 16.8. The van der Waals surface area contributed by atoms with Gasteiger partial charge < -0.3 is 10.2 Å². The molecule has 0 bridgehead atoms. The van der Waals surface area contributed by atoms with Crippen LogP contribution in [0.15, 0.2) is 48.7 Å². The number of benzene rings is 1. The zero-order chi connectivity index (χ0) is 17.9. The van der Waals surface area contributed by atoms with Crippen LogP contribution in [-0.2, 0) is 0 Å². The number of aliphatic hydroxyl groups is 2. The van der Waals surface area contributed by atoms with Crippen molar-refractivity contribution in [1.82, 2.24) is 9.38 Å². The van der Waals surface area contributed by atoms with Crippen LogP contribution in [0.5, 0.6) is 0 Å². The monoisotopic (exact) mass is 330 g/mol. The van der Waals surface area contributed by atoms with E-state index in [0.717, 1.165) is 22.5 Å². The third kappa shape index (κ3) is 3.89. The summed E-state index contributed by atoms with van der Waals surface area (Å²) in [5, 5.41) is 18.8. The van der Waals surface area contributed by atoms with Crippen molar-refractivity contribution in [1.29, 1.82) is 0 Å². The van der Waals surface area contributed by atoms with E-state index in [0.29, 0.717) is 5.69 Å². The van der Waals surface area contributed by atoms with E-state index in [9.17, 15) is 5.11 Å². The Hall–Kier alpha value is -3.05. The third-order valence-electron chi connectivity index (χ3n) is 3.46. The summed E-state index contributed by atoms with van der Waals surface area (Å²) in [5.74, 6) is 11.4. The van der Waals surface area contributed by atoms with Crippen LogP contribution in [0.3, 0.4) is 0 Å². The first-order chi connectivity index (χ1) is 12.0.